The van der Waals surface area contributed by atoms with E-state index in [0.717, 1.165) is 6.33 Å². The van der Waals surface area contributed by atoms with E-state index in [1.54, 1.807) is 0 Å². The highest BCUT2D eigenvalue weighted by molar-refractivity contribution is 5.77. The van der Waals surface area contributed by atoms with Gasteiger partial charge < -0.3 is 4.42 Å². The minimum Gasteiger partial charge on any atom is -0.421 e. The summed E-state index contributed by atoms with van der Waals surface area (Å²) in [5.74, 6) is 0.0127. The van der Waals surface area contributed by atoms with Crippen LogP contribution in [-0.4, -0.2) is 19.9 Å². The van der Waals surface area contributed by atoms with Crippen LogP contribution in [0.15, 0.2) is 31.2 Å². The van der Waals surface area contributed by atoms with Crippen molar-refractivity contribution < 1.29 is 4.42 Å². The molecule has 84 valence electrons. The fourth-order valence-corrected chi connectivity index (χ4v) is 1.50. The Bertz CT molecular complexity index is 859. The van der Waals surface area contributed by atoms with E-state index in [2.05, 4.69) is 15.0 Å². The number of hydrogen-bond donors (Lipinski definition) is 2. The normalized spacial score (nSPS) is 11.1. The molecular formula is C9H4N4O4. The predicted molar refractivity (Wildman–Crippen MR) is 55.9 cm³/mol. The average molecular weight is 232 g/mol. The number of nitrogens with one attached hydrogen (secondary N) is 2. The molecule has 2 N–H and O–H groups in total. The minimum atomic E-state index is -0.693. The molecule has 0 saturated heterocycles. The second-order valence-corrected chi connectivity index (χ2v) is 3.30. The van der Waals surface area contributed by atoms with Gasteiger partial charge in [-0.1, -0.05) is 0 Å². The van der Waals surface area contributed by atoms with E-state index in [-0.39, 0.29) is 22.6 Å². The first-order valence-electron chi connectivity index (χ1n) is 4.56. The highest BCUT2D eigenvalue weighted by Crippen LogP contribution is 2.18. The van der Waals surface area contributed by atoms with Crippen molar-refractivity contribution in [2.75, 3.05) is 0 Å². The van der Waals surface area contributed by atoms with Gasteiger partial charge >= 0.3 is 5.69 Å². The smallest absolute Gasteiger partial charge is 0.328 e. The van der Waals surface area contributed by atoms with Crippen molar-refractivity contribution in [1.29, 1.82) is 0 Å². The van der Waals surface area contributed by atoms with E-state index >= 15 is 0 Å². The molecule has 17 heavy (non-hydrogen) atoms. The predicted octanol–water partition coefficient (Wildman–Crippen LogP) is -0.936. The molecule has 2 aliphatic rings. The lowest BCUT2D eigenvalue weighted by atomic mass is 10.2. The van der Waals surface area contributed by atoms with Crippen LogP contribution in [0.1, 0.15) is 0 Å². The van der Waals surface area contributed by atoms with E-state index in [1.165, 1.54) is 6.07 Å². The molecule has 8 heteroatoms. The molecular weight excluding hydrogens is 228 g/mol. The van der Waals surface area contributed by atoms with Crippen LogP contribution in [0.25, 0.3) is 22.6 Å². The molecule has 3 heterocycles. The van der Waals surface area contributed by atoms with Crippen LogP contribution in [0.5, 0.6) is 0 Å². The lowest BCUT2D eigenvalue weighted by Crippen LogP contribution is -2.22. The second-order valence-electron chi connectivity index (χ2n) is 3.30. The summed E-state index contributed by atoms with van der Waals surface area (Å²) in [4.78, 5) is 45.4. The molecule has 8 nitrogen and oxygen atoms in total. The van der Waals surface area contributed by atoms with Crippen molar-refractivity contribution in [1.82, 2.24) is 19.9 Å². The molecule has 0 aliphatic carbocycles. The molecule has 1 aromatic rings. The summed E-state index contributed by atoms with van der Waals surface area (Å²) in [6, 6.07) is 1.28. The number of nitrogens with zero attached hydrogens (tertiary/aromatic N) is 2. The van der Waals surface area contributed by atoms with Crippen molar-refractivity contribution in [2.24, 2.45) is 0 Å². The zero-order valence-electron chi connectivity index (χ0n) is 8.18. The van der Waals surface area contributed by atoms with Crippen LogP contribution in [-0.2, 0) is 0 Å². The fourth-order valence-electron chi connectivity index (χ4n) is 1.50. The Morgan fingerprint density at radius 3 is 2.76 bits per heavy atom. The highest BCUT2D eigenvalue weighted by atomic mass is 16.4. The monoisotopic (exact) mass is 232 g/mol. The van der Waals surface area contributed by atoms with E-state index in [9.17, 15) is 14.4 Å². The molecule has 0 unspecified atom stereocenters. The maximum absolute atomic E-state index is 11.5. The van der Waals surface area contributed by atoms with Crippen molar-refractivity contribution in [3.63, 3.8) is 0 Å². The first-order chi connectivity index (χ1) is 8.15. The molecule has 0 amide bonds. The third-order valence-electron chi connectivity index (χ3n) is 2.24. The quantitative estimate of drug-likeness (QED) is 0.482. The zero-order valence-corrected chi connectivity index (χ0v) is 8.18. The van der Waals surface area contributed by atoms with Gasteiger partial charge in [-0.25, -0.2) is 9.78 Å². The van der Waals surface area contributed by atoms with Gasteiger partial charge in [-0.15, -0.1) is 0 Å². The van der Waals surface area contributed by atoms with Gasteiger partial charge in [0, 0.05) is 0 Å². The maximum atomic E-state index is 11.5. The Labute approximate surface area is 91.3 Å². The van der Waals surface area contributed by atoms with Crippen molar-refractivity contribution in [2.45, 2.75) is 0 Å². The summed E-state index contributed by atoms with van der Waals surface area (Å²) in [7, 11) is 0. The summed E-state index contributed by atoms with van der Waals surface area (Å²) in [5.41, 5.74) is -1.84. The SMILES string of the molecule is O=c1[nH]c(=O)c2cc3c(=O)ncnc-3oc2[nH]1. The average Bonchev–Trinajstić information content (AvgIpc) is 2.27. The van der Waals surface area contributed by atoms with Crippen LogP contribution in [0.4, 0.5) is 0 Å². The van der Waals surface area contributed by atoms with Gasteiger partial charge in [0.25, 0.3) is 11.1 Å². The standard InChI is InChI=1S/C9H4N4O4/c14-5-3-1-4-6(15)12-9(16)13-8(4)17-7(3)11-2-10-5/h1-2H,(H2,12,13,15,16). The molecule has 0 bridgehead atoms. The molecule has 3 rings (SSSR count). The van der Waals surface area contributed by atoms with Crippen LogP contribution < -0.4 is 16.8 Å². The second kappa shape index (κ2) is 3.11. The zero-order chi connectivity index (χ0) is 12.0. The van der Waals surface area contributed by atoms with Gasteiger partial charge in [0.05, 0.1) is 0 Å². The fraction of sp³-hybridized carbons (Fsp3) is 0. The van der Waals surface area contributed by atoms with Crippen molar-refractivity contribution in [3.05, 3.63) is 43.6 Å². The molecule has 0 radical (unpaired) electrons. The summed E-state index contributed by atoms with van der Waals surface area (Å²) in [5, 5.41) is 0.0593. The van der Waals surface area contributed by atoms with Crippen LogP contribution in [0.3, 0.4) is 0 Å². The third-order valence-corrected chi connectivity index (χ3v) is 2.24. The summed E-state index contributed by atoms with van der Waals surface area (Å²) >= 11 is 0. The number of aromatic nitrogens is 4. The lowest BCUT2D eigenvalue weighted by molar-refractivity contribution is 0.579. The molecule has 0 aromatic carbocycles. The van der Waals surface area contributed by atoms with Crippen molar-refractivity contribution in [3.8, 4) is 11.5 Å². The van der Waals surface area contributed by atoms with Crippen LogP contribution in [0, 0.1) is 0 Å². The molecule has 1 aromatic heterocycles. The number of H-pyrrole nitrogens is 2. The molecule has 2 aliphatic heterocycles. The van der Waals surface area contributed by atoms with E-state index in [1.807, 2.05) is 4.98 Å². The van der Waals surface area contributed by atoms with Gasteiger partial charge in [-0.2, -0.15) is 4.98 Å². The topological polar surface area (TPSA) is 122 Å². The lowest BCUT2D eigenvalue weighted by Gasteiger charge is -2.02. The number of rotatable bonds is 0. The number of hydrogen-bond acceptors (Lipinski definition) is 6. The minimum absolute atomic E-state index is 0.0127. The first-order valence-corrected chi connectivity index (χ1v) is 4.56. The Kier molecular flexibility index (Phi) is 1.73. The summed E-state index contributed by atoms with van der Waals surface area (Å²) < 4.78 is 5.16. The van der Waals surface area contributed by atoms with E-state index < -0.39 is 16.8 Å². The maximum Gasteiger partial charge on any atom is 0.328 e. The third kappa shape index (κ3) is 1.34. The first kappa shape index (κ1) is 9.46. The Morgan fingerprint density at radius 1 is 1.12 bits per heavy atom. The van der Waals surface area contributed by atoms with E-state index in [0.29, 0.717) is 0 Å². The molecule has 0 fully saturated rings. The number of fused-ring (bicyclic) bond motifs is 2. The molecule has 0 saturated carbocycles. The van der Waals surface area contributed by atoms with Gasteiger partial charge in [0.15, 0.2) is 0 Å². The Morgan fingerprint density at radius 2 is 1.94 bits per heavy atom. The molecule has 0 spiro atoms. The van der Waals surface area contributed by atoms with E-state index in [4.69, 9.17) is 4.42 Å². The Balaban J connectivity index is 2.63. The van der Waals surface area contributed by atoms with Crippen molar-refractivity contribution >= 4 is 11.1 Å². The van der Waals surface area contributed by atoms with Gasteiger partial charge in [0.2, 0.25) is 11.6 Å². The highest BCUT2D eigenvalue weighted by Gasteiger charge is 2.14. The summed E-state index contributed by atoms with van der Waals surface area (Å²) in [6.07, 6.45) is 1.05. The Hall–Kier alpha value is -2.77. The largest absolute Gasteiger partial charge is 0.421 e. The van der Waals surface area contributed by atoms with Crippen LogP contribution >= 0.6 is 0 Å². The van der Waals surface area contributed by atoms with Crippen LogP contribution in [0.2, 0.25) is 0 Å². The van der Waals surface area contributed by atoms with Gasteiger partial charge in [-0.3, -0.25) is 19.6 Å². The number of aromatic amines is 2. The van der Waals surface area contributed by atoms with Gasteiger partial charge in [-0.05, 0) is 6.07 Å². The molecule has 0 atom stereocenters. The van der Waals surface area contributed by atoms with Gasteiger partial charge in [0.1, 0.15) is 17.3 Å². The summed E-state index contributed by atoms with van der Waals surface area (Å²) in [6.45, 7) is 0.